The number of fused-ring (bicyclic) bond motifs is 1. The van der Waals surface area contributed by atoms with Crippen LogP contribution < -0.4 is 5.32 Å². The van der Waals surface area contributed by atoms with E-state index in [1.165, 1.54) is 27.8 Å². The fourth-order valence-corrected chi connectivity index (χ4v) is 5.86. The maximum atomic E-state index is 13.2. The van der Waals surface area contributed by atoms with Crippen LogP contribution in [0.2, 0.25) is 0 Å². The summed E-state index contributed by atoms with van der Waals surface area (Å²) in [5, 5.41) is 7.72. The van der Waals surface area contributed by atoms with Crippen molar-refractivity contribution in [2.75, 3.05) is 6.54 Å². The van der Waals surface area contributed by atoms with E-state index in [-0.39, 0.29) is 17.5 Å². The Morgan fingerprint density at radius 1 is 1.08 bits per heavy atom. The number of nitrogens with zero attached hydrogens (tertiary/aromatic N) is 3. The van der Waals surface area contributed by atoms with Gasteiger partial charge in [0.05, 0.1) is 6.20 Å². The van der Waals surface area contributed by atoms with Gasteiger partial charge in [0.2, 0.25) is 0 Å². The number of nitrogens with one attached hydrogen (secondary N) is 1. The summed E-state index contributed by atoms with van der Waals surface area (Å²) in [7, 11) is 0. The fraction of sp³-hybridized carbons (Fsp3) is 0.485. The third-order valence-electron chi connectivity index (χ3n) is 7.85. The Kier molecular flexibility index (Phi) is 7.66. The molecule has 6 heteroatoms. The zero-order valence-electron chi connectivity index (χ0n) is 24.0. The van der Waals surface area contributed by atoms with E-state index in [1.807, 2.05) is 42.6 Å². The number of aromatic nitrogens is 2. The number of ketones is 1. The second-order valence-electron chi connectivity index (χ2n) is 12.8. The monoisotopic (exact) mass is 526 g/mol. The van der Waals surface area contributed by atoms with Crippen LogP contribution in [0.5, 0.6) is 0 Å². The van der Waals surface area contributed by atoms with Crippen molar-refractivity contribution in [2.24, 2.45) is 11.8 Å². The molecule has 39 heavy (non-hydrogen) atoms. The van der Waals surface area contributed by atoms with Crippen LogP contribution >= 0.6 is 0 Å². The summed E-state index contributed by atoms with van der Waals surface area (Å²) in [6.45, 7) is 12.5. The van der Waals surface area contributed by atoms with Crippen molar-refractivity contribution < 1.29 is 9.59 Å². The van der Waals surface area contributed by atoms with Crippen LogP contribution in [0.15, 0.2) is 54.9 Å². The summed E-state index contributed by atoms with van der Waals surface area (Å²) < 4.78 is 2.02. The van der Waals surface area contributed by atoms with Crippen molar-refractivity contribution in [1.82, 2.24) is 20.0 Å². The van der Waals surface area contributed by atoms with E-state index in [1.54, 1.807) is 0 Å². The number of rotatable bonds is 8. The average Bonchev–Trinajstić information content (AvgIpc) is 3.57. The van der Waals surface area contributed by atoms with E-state index in [9.17, 15) is 9.59 Å². The molecule has 1 aliphatic carbocycles. The minimum Gasteiger partial charge on any atom is -0.333 e. The highest BCUT2D eigenvalue weighted by atomic mass is 16.2. The quantitative estimate of drug-likeness (QED) is 0.370. The number of carbonyl (C=O) groups excluding carboxylic acids is 2. The second-order valence-corrected chi connectivity index (χ2v) is 12.8. The molecular weight excluding hydrogens is 484 g/mol. The zero-order valence-corrected chi connectivity index (χ0v) is 24.0. The van der Waals surface area contributed by atoms with E-state index in [2.05, 4.69) is 66.9 Å². The lowest BCUT2D eigenvalue weighted by molar-refractivity contribution is -0.120. The number of hydrogen-bond donors (Lipinski definition) is 1. The first-order chi connectivity index (χ1) is 18.6. The number of benzene rings is 2. The van der Waals surface area contributed by atoms with E-state index >= 15 is 0 Å². The van der Waals surface area contributed by atoms with Crippen LogP contribution in [0.3, 0.4) is 0 Å². The first-order valence-corrected chi connectivity index (χ1v) is 14.4. The molecule has 2 aromatic carbocycles. The number of amides is 2. The van der Waals surface area contributed by atoms with E-state index in [0.717, 1.165) is 24.9 Å². The van der Waals surface area contributed by atoms with Gasteiger partial charge in [0.15, 0.2) is 0 Å². The molecule has 6 nitrogen and oxygen atoms in total. The highest BCUT2D eigenvalue weighted by molar-refractivity contribution is 5.85. The summed E-state index contributed by atoms with van der Waals surface area (Å²) in [5.74, 6) is 1.39. The van der Waals surface area contributed by atoms with Crippen molar-refractivity contribution >= 4 is 11.8 Å². The smallest absolute Gasteiger partial charge is 0.318 e. The fourth-order valence-electron chi connectivity index (χ4n) is 5.86. The number of aryl methyl sites for hydroxylation is 1. The standard InChI is InChI=1S/C33H42N4O2/c1-22(2)19-37-20-25(18-34-37)26-13-11-24(12-14-31(38)29-17-28(29)23-9-7-6-8-10-23)30-21-36(16-15-27(26)30)32(39)35-33(3,4)5/h6-11,13,18,20,22,28-29H,12,14-17,19,21H2,1-5H3,(H,35,39)/t28-,29?/m0/s1. The van der Waals surface area contributed by atoms with Crippen molar-refractivity contribution in [3.05, 3.63) is 77.1 Å². The Morgan fingerprint density at radius 2 is 1.85 bits per heavy atom. The molecule has 206 valence electrons. The van der Waals surface area contributed by atoms with E-state index < -0.39 is 0 Å². The molecule has 0 saturated heterocycles. The summed E-state index contributed by atoms with van der Waals surface area (Å²) in [6.07, 6.45) is 7.09. The van der Waals surface area contributed by atoms with Gasteiger partial charge in [-0.1, -0.05) is 56.3 Å². The van der Waals surface area contributed by atoms with Crippen LogP contribution in [-0.4, -0.2) is 38.6 Å². The third kappa shape index (κ3) is 6.43. The molecule has 2 atom stereocenters. The Labute approximate surface area is 232 Å². The lowest BCUT2D eigenvalue weighted by Gasteiger charge is -2.34. The Morgan fingerprint density at radius 3 is 2.56 bits per heavy atom. The van der Waals surface area contributed by atoms with Gasteiger partial charge in [0, 0.05) is 49.3 Å². The largest absolute Gasteiger partial charge is 0.333 e. The number of carbonyl (C=O) groups is 2. The first-order valence-electron chi connectivity index (χ1n) is 14.4. The van der Waals surface area contributed by atoms with Gasteiger partial charge in [-0.05, 0) is 79.7 Å². The molecule has 0 radical (unpaired) electrons. The Bertz CT molecular complexity index is 1340. The summed E-state index contributed by atoms with van der Waals surface area (Å²) in [4.78, 5) is 28.1. The lowest BCUT2D eigenvalue weighted by atomic mass is 9.86. The number of urea groups is 1. The molecule has 3 aromatic rings. The molecular formula is C33H42N4O2. The van der Waals surface area contributed by atoms with E-state index in [4.69, 9.17) is 0 Å². The molecule has 2 aliphatic rings. The van der Waals surface area contributed by atoms with Gasteiger partial charge in [-0.25, -0.2) is 4.79 Å². The number of Topliss-reactive ketones (excluding diaryl/α,β-unsaturated/α-hetero) is 1. The molecule has 0 spiro atoms. The third-order valence-corrected chi connectivity index (χ3v) is 7.85. The highest BCUT2D eigenvalue weighted by Gasteiger charge is 2.43. The van der Waals surface area contributed by atoms with E-state index in [0.29, 0.717) is 43.6 Å². The van der Waals surface area contributed by atoms with Gasteiger partial charge in [-0.15, -0.1) is 0 Å². The molecule has 1 aromatic heterocycles. The minimum absolute atomic E-state index is 0.0333. The maximum absolute atomic E-state index is 13.2. The van der Waals surface area contributed by atoms with Gasteiger partial charge in [0.1, 0.15) is 5.78 Å². The molecule has 1 saturated carbocycles. The van der Waals surface area contributed by atoms with Crippen LogP contribution in [0, 0.1) is 11.8 Å². The SMILES string of the molecule is CC(C)Cn1cc(-c2ccc(CCC(=O)C3C[C@H]3c3ccccc3)c3c2CCN(C(=O)NC(C)(C)C)C3)cn1. The molecule has 1 N–H and O–H groups in total. The zero-order chi connectivity index (χ0) is 27.7. The minimum atomic E-state index is -0.293. The van der Waals surface area contributed by atoms with Crippen LogP contribution in [0.1, 0.15) is 75.6 Å². The predicted octanol–water partition coefficient (Wildman–Crippen LogP) is 6.38. The van der Waals surface area contributed by atoms with Gasteiger partial charge in [-0.2, -0.15) is 5.10 Å². The Balaban J connectivity index is 1.37. The molecule has 1 unspecified atom stereocenters. The summed E-state index contributed by atoms with van der Waals surface area (Å²) in [5.41, 5.74) is 6.96. The second kappa shape index (κ2) is 11.0. The normalized spacial score (nSPS) is 18.7. The van der Waals surface area contributed by atoms with Gasteiger partial charge in [-0.3, -0.25) is 9.48 Å². The van der Waals surface area contributed by atoms with Crippen LogP contribution in [-0.2, 0) is 30.7 Å². The average molecular weight is 527 g/mol. The topological polar surface area (TPSA) is 67.2 Å². The molecule has 0 bridgehead atoms. The number of hydrogen-bond acceptors (Lipinski definition) is 3. The first kappa shape index (κ1) is 27.2. The molecule has 5 rings (SSSR count). The van der Waals surface area contributed by atoms with Crippen LogP contribution in [0.4, 0.5) is 4.79 Å². The molecule has 1 fully saturated rings. The van der Waals surface area contributed by atoms with Gasteiger partial charge < -0.3 is 10.2 Å². The maximum Gasteiger partial charge on any atom is 0.318 e. The highest BCUT2D eigenvalue weighted by Crippen LogP contribution is 2.48. The van der Waals surface area contributed by atoms with Gasteiger partial charge in [0.25, 0.3) is 0 Å². The lowest BCUT2D eigenvalue weighted by Crippen LogP contribution is -2.50. The molecule has 1 aliphatic heterocycles. The molecule has 2 heterocycles. The van der Waals surface area contributed by atoms with Crippen LogP contribution in [0.25, 0.3) is 11.1 Å². The van der Waals surface area contributed by atoms with Crippen molar-refractivity contribution in [3.63, 3.8) is 0 Å². The Hall–Kier alpha value is -3.41. The predicted molar refractivity (Wildman–Crippen MR) is 156 cm³/mol. The summed E-state index contributed by atoms with van der Waals surface area (Å²) in [6, 6.07) is 14.7. The van der Waals surface area contributed by atoms with Crippen molar-refractivity contribution in [1.29, 1.82) is 0 Å². The van der Waals surface area contributed by atoms with Gasteiger partial charge >= 0.3 is 6.03 Å². The van der Waals surface area contributed by atoms with Crippen molar-refractivity contribution in [2.45, 2.75) is 84.8 Å². The summed E-state index contributed by atoms with van der Waals surface area (Å²) >= 11 is 0. The van der Waals surface area contributed by atoms with Crippen molar-refractivity contribution in [3.8, 4) is 11.1 Å². The molecule has 2 amide bonds.